The molecule has 0 heterocycles. The standard InChI is InChI=1S/C19H21N3O7/c1-12(29-19(25)14-5-3-4-6-15(14)20-9-10-23)18(24)21-16-11-13(22(26)27)7-8-17(16)28-2/h3-8,11-12,20,23H,9-10H2,1-2H3,(H,21,24)/t12-/m1/s1. The van der Waals surface area contributed by atoms with Gasteiger partial charge in [0.2, 0.25) is 0 Å². The normalized spacial score (nSPS) is 11.3. The monoisotopic (exact) mass is 403 g/mol. The molecule has 1 amide bonds. The van der Waals surface area contributed by atoms with E-state index in [0.29, 0.717) is 5.69 Å². The van der Waals surface area contributed by atoms with Gasteiger partial charge in [0, 0.05) is 24.4 Å². The minimum absolute atomic E-state index is 0.0830. The smallest absolute Gasteiger partial charge is 0.341 e. The summed E-state index contributed by atoms with van der Waals surface area (Å²) in [6, 6.07) is 10.3. The predicted molar refractivity (Wildman–Crippen MR) is 105 cm³/mol. The van der Waals surface area contributed by atoms with Crippen LogP contribution in [0.25, 0.3) is 0 Å². The van der Waals surface area contributed by atoms with E-state index in [1.165, 1.54) is 32.2 Å². The number of carbonyl (C=O) groups is 2. The summed E-state index contributed by atoms with van der Waals surface area (Å²) >= 11 is 0. The molecule has 1 atom stereocenters. The van der Waals surface area contributed by atoms with Gasteiger partial charge in [-0.05, 0) is 25.1 Å². The van der Waals surface area contributed by atoms with Gasteiger partial charge >= 0.3 is 5.97 Å². The molecule has 0 saturated heterocycles. The summed E-state index contributed by atoms with van der Waals surface area (Å²) in [5, 5.41) is 25.2. The van der Waals surface area contributed by atoms with Crippen molar-refractivity contribution in [3.8, 4) is 5.75 Å². The number of aliphatic hydroxyl groups is 1. The van der Waals surface area contributed by atoms with Crippen molar-refractivity contribution >= 4 is 28.9 Å². The van der Waals surface area contributed by atoms with Crippen molar-refractivity contribution in [1.29, 1.82) is 0 Å². The molecule has 0 unspecified atom stereocenters. The van der Waals surface area contributed by atoms with Gasteiger partial charge in [-0.15, -0.1) is 0 Å². The van der Waals surface area contributed by atoms with E-state index in [0.717, 1.165) is 6.07 Å². The highest BCUT2D eigenvalue weighted by molar-refractivity contribution is 6.00. The fourth-order valence-corrected chi connectivity index (χ4v) is 2.42. The van der Waals surface area contributed by atoms with Crippen molar-refractivity contribution in [2.24, 2.45) is 0 Å². The van der Waals surface area contributed by atoms with Crippen LogP contribution in [-0.4, -0.2) is 48.3 Å². The second-order valence-electron chi connectivity index (χ2n) is 5.87. The van der Waals surface area contributed by atoms with Crippen molar-refractivity contribution in [2.45, 2.75) is 13.0 Å². The van der Waals surface area contributed by atoms with Gasteiger partial charge in [0.15, 0.2) is 6.10 Å². The Morgan fingerprint density at radius 3 is 2.59 bits per heavy atom. The zero-order chi connectivity index (χ0) is 21.4. The second kappa shape index (κ2) is 10.0. The van der Waals surface area contributed by atoms with Gasteiger partial charge in [-0.25, -0.2) is 4.79 Å². The van der Waals surface area contributed by atoms with Gasteiger partial charge in [0.05, 0.1) is 29.9 Å². The lowest BCUT2D eigenvalue weighted by molar-refractivity contribution is -0.384. The van der Waals surface area contributed by atoms with E-state index in [9.17, 15) is 19.7 Å². The third-order valence-electron chi connectivity index (χ3n) is 3.88. The molecule has 0 bridgehead atoms. The molecule has 0 saturated carbocycles. The molecule has 154 valence electrons. The SMILES string of the molecule is COc1ccc([N+](=O)[O-])cc1NC(=O)[C@@H](C)OC(=O)c1ccccc1NCCO. The Bertz CT molecular complexity index is 901. The van der Waals surface area contributed by atoms with Gasteiger partial charge in [-0.3, -0.25) is 14.9 Å². The van der Waals surface area contributed by atoms with Crippen molar-refractivity contribution in [1.82, 2.24) is 0 Å². The molecule has 2 aromatic rings. The van der Waals surface area contributed by atoms with Crippen LogP contribution in [0, 0.1) is 10.1 Å². The average Bonchev–Trinajstić information content (AvgIpc) is 2.72. The summed E-state index contributed by atoms with van der Waals surface area (Å²) < 4.78 is 10.3. The molecule has 0 radical (unpaired) electrons. The number of para-hydroxylation sites is 1. The number of hydrogen-bond acceptors (Lipinski definition) is 8. The van der Waals surface area contributed by atoms with Crippen molar-refractivity contribution in [2.75, 3.05) is 30.9 Å². The Labute approximate surface area is 166 Å². The topological polar surface area (TPSA) is 140 Å². The highest BCUT2D eigenvalue weighted by atomic mass is 16.6. The summed E-state index contributed by atoms with van der Waals surface area (Å²) in [5.74, 6) is -1.20. The van der Waals surface area contributed by atoms with Crippen LogP contribution < -0.4 is 15.4 Å². The first-order valence-corrected chi connectivity index (χ1v) is 8.65. The van der Waals surface area contributed by atoms with Crippen LogP contribution in [0.1, 0.15) is 17.3 Å². The van der Waals surface area contributed by atoms with Crippen LogP contribution in [-0.2, 0) is 9.53 Å². The Kier molecular flexibility index (Phi) is 7.49. The Morgan fingerprint density at radius 1 is 1.21 bits per heavy atom. The maximum atomic E-state index is 12.4. The van der Waals surface area contributed by atoms with Gasteiger partial charge < -0.3 is 25.2 Å². The third kappa shape index (κ3) is 5.66. The van der Waals surface area contributed by atoms with Crippen LogP contribution in [0.4, 0.5) is 17.1 Å². The molecule has 29 heavy (non-hydrogen) atoms. The number of esters is 1. The zero-order valence-electron chi connectivity index (χ0n) is 15.9. The molecule has 2 rings (SSSR count). The lowest BCUT2D eigenvalue weighted by Crippen LogP contribution is -2.30. The molecule has 10 nitrogen and oxygen atoms in total. The molecule has 3 N–H and O–H groups in total. The van der Waals surface area contributed by atoms with Crippen LogP contribution >= 0.6 is 0 Å². The van der Waals surface area contributed by atoms with E-state index in [1.54, 1.807) is 18.2 Å². The van der Waals surface area contributed by atoms with Crippen molar-refractivity contribution < 1.29 is 29.1 Å². The number of non-ortho nitro benzene ring substituents is 1. The number of benzene rings is 2. The number of amides is 1. The minimum atomic E-state index is -1.18. The fourth-order valence-electron chi connectivity index (χ4n) is 2.42. The lowest BCUT2D eigenvalue weighted by Gasteiger charge is -2.16. The number of nitrogens with zero attached hydrogens (tertiary/aromatic N) is 1. The summed E-state index contributed by atoms with van der Waals surface area (Å²) in [6.07, 6.45) is -1.18. The number of nitro benzene ring substituents is 1. The number of nitrogens with one attached hydrogen (secondary N) is 2. The van der Waals surface area contributed by atoms with Crippen LogP contribution in [0.2, 0.25) is 0 Å². The Hall–Kier alpha value is -3.66. The molecular weight excluding hydrogens is 382 g/mol. The van der Waals surface area contributed by atoms with Crippen LogP contribution in [0.5, 0.6) is 5.75 Å². The molecule has 0 aliphatic rings. The number of nitro groups is 1. The first-order chi connectivity index (χ1) is 13.9. The summed E-state index contributed by atoms with van der Waals surface area (Å²) in [7, 11) is 1.36. The fraction of sp³-hybridized carbons (Fsp3) is 0.263. The van der Waals surface area contributed by atoms with Crippen LogP contribution in [0.3, 0.4) is 0 Å². The summed E-state index contributed by atoms with van der Waals surface area (Å²) in [4.78, 5) is 35.2. The van der Waals surface area contributed by atoms with Crippen LogP contribution in [0.15, 0.2) is 42.5 Å². The van der Waals surface area contributed by atoms with E-state index in [1.807, 2.05) is 0 Å². The highest BCUT2D eigenvalue weighted by Gasteiger charge is 2.22. The number of rotatable bonds is 9. The highest BCUT2D eigenvalue weighted by Crippen LogP contribution is 2.29. The van der Waals surface area contributed by atoms with E-state index >= 15 is 0 Å². The van der Waals surface area contributed by atoms with E-state index in [2.05, 4.69) is 10.6 Å². The maximum Gasteiger partial charge on any atom is 0.341 e. The largest absolute Gasteiger partial charge is 0.495 e. The molecule has 10 heteroatoms. The minimum Gasteiger partial charge on any atom is -0.495 e. The zero-order valence-corrected chi connectivity index (χ0v) is 15.9. The quantitative estimate of drug-likeness (QED) is 0.329. The molecule has 0 spiro atoms. The van der Waals surface area contributed by atoms with Gasteiger partial charge in [0.25, 0.3) is 11.6 Å². The van der Waals surface area contributed by atoms with Gasteiger partial charge in [-0.1, -0.05) is 12.1 Å². The Balaban J connectivity index is 2.11. The summed E-state index contributed by atoms with van der Waals surface area (Å²) in [6.45, 7) is 1.50. The summed E-state index contributed by atoms with van der Waals surface area (Å²) in [5.41, 5.74) is 0.516. The molecular formula is C19H21N3O7. The Morgan fingerprint density at radius 2 is 1.93 bits per heavy atom. The number of aliphatic hydroxyl groups excluding tert-OH is 1. The van der Waals surface area contributed by atoms with E-state index < -0.39 is 22.9 Å². The third-order valence-corrected chi connectivity index (χ3v) is 3.88. The maximum absolute atomic E-state index is 12.4. The number of anilines is 2. The number of ether oxygens (including phenoxy) is 2. The van der Waals surface area contributed by atoms with Gasteiger partial charge in [0.1, 0.15) is 5.75 Å². The van der Waals surface area contributed by atoms with E-state index in [4.69, 9.17) is 14.6 Å². The number of methoxy groups -OCH3 is 1. The van der Waals surface area contributed by atoms with E-state index in [-0.39, 0.29) is 35.8 Å². The second-order valence-corrected chi connectivity index (χ2v) is 5.87. The predicted octanol–water partition coefficient (Wildman–Crippen LogP) is 2.19. The molecule has 0 aromatic heterocycles. The van der Waals surface area contributed by atoms with Gasteiger partial charge in [-0.2, -0.15) is 0 Å². The molecule has 0 aliphatic heterocycles. The number of hydrogen-bond donors (Lipinski definition) is 3. The first-order valence-electron chi connectivity index (χ1n) is 8.65. The lowest BCUT2D eigenvalue weighted by atomic mass is 10.1. The molecule has 0 aliphatic carbocycles. The molecule has 2 aromatic carbocycles. The number of carbonyl (C=O) groups excluding carboxylic acids is 2. The van der Waals surface area contributed by atoms with Crippen molar-refractivity contribution in [3.05, 3.63) is 58.1 Å². The van der Waals surface area contributed by atoms with Crippen molar-refractivity contribution in [3.63, 3.8) is 0 Å². The first kappa shape index (κ1) is 21.6. The molecule has 0 fully saturated rings. The average molecular weight is 403 g/mol.